The van der Waals surface area contributed by atoms with Gasteiger partial charge in [-0.2, -0.15) is 0 Å². The molecule has 0 fully saturated rings. The maximum Gasteiger partial charge on any atom is 0.265 e. The lowest BCUT2D eigenvalue weighted by Gasteiger charge is -2.00. The Labute approximate surface area is 133 Å². The molecular weight excluding hydrogens is 298 g/mol. The summed E-state index contributed by atoms with van der Waals surface area (Å²) in [5.74, 6) is 6.54. The third-order valence-corrected chi connectivity index (χ3v) is 3.68. The molecule has 1 amide bonds. The average molecular weight is 315 g/mol. The van der Waals surface area contributed by atoms with E-state index in [0.717, 1.165) is 41.4 Å². The number of methoxy groups -OCH3 is 1. The molecule has 0 radical (unpaired) electrons. The number of rotatable bonds is 5. The van der Waals surface area contributed by atoms with Gasteiger partial charge in [0.25, 0.3) is 5.91 Å². The molecule has 22 heavy (non-hydrogen) atoms. The Morgan fingerprint density at radius 2 is 2.14 bits per heavy atom. The van der Waals surface area contributed by atoms with Crippen molar-refractivity contribution in [2.24, 2.45) is 0 Å². The van der Waals surface area contributed by atoms with Gasteiger partial charge in [-0.3, -0.25) is 4.79 Å². The third-order valence-electron chi connectivity index (χ3n) is 2.91. The fraction of sp³-hybridized carbons (Fsp3) is 0.312. The molecule has 0 bridgehead atoms. The maximum absolute atomic E-state index is 12.0. The van der Waals surface area contributed by atoms with Gasteiger partial charge in [0.15, 0.2) is 0 Å². The van der Waals surface area contributed by atoms with E-state index >= 15 is 0 Å². The fourth-order valence-electron chi connectivity index (χ4n) is 1.81. The van der Waals surface area contributed by atoms with Crippen LogP contribution in [0.4, 0.5) is 0 Å². The van der Waals surface area contributed by atoms with E-state index < -0.39 is 0 Å². The molecule has 0 saturated heterocycles. The monoisotopic (exact) mass is 315 g/mol. The number of amides is 1. The molecule has 5 nitrogen and oxygen atoms in total. The van der Waals surface area contributed by atoms with E-state index in [-0.39, 0.29) is 12.5 Å². The maximum atomic E-state index is 12.0. The van der Waals surface area contributed by atoms with Crippen LogP contribution in [0.1, 0.15) is 34.3 Å². The molecule has 1 aromatic carbocycles. The van der Waals surface area contributed by atoms with Crippen molar-refractivity contribution in [2.45, 2.75) is 19.8 Å². The molecule has 1 aromatic heterocycles. The molecule has 1 heterocycles. The number of carbonyl (C=O) groups excluding carboxylic acids is 1. The first-order valence-electron chi connectivity index (χ1n) is 6.97. The van der Waals surface area contributed by atoms with Gasteiger partial charge in [-0.05, 0) is 42.2 Å². The van der Waals surface area contributed by atoms with Gasteiger partial charge in [-0.1, -0.05) is 29.7 Å². The van der Waals surface area contributed by atoms with Crippen LogP contribution < -0.4 is 10.1 Å². The summed E-state index contributed by atoms with van der Waals surface area (Å²) < 4.78 is 8.92. The molecule has 0 atom stereocenters. The molecule has 1 N–H and O–H groups in total. The molecule has 6 heteroatoms. The number of benzene rings is 1. The zero-order valence-corrected chi connectivity index (χ0v) is 13.4. The van der Waals surface area contributed by atoms with Crippen LogP contribution >= 0.6 is 11.5 Å². The van der Waals surface area contributed by atoms with Crippen molar-refractivity contribution >= 4 is 17.4 Å². The van der Waals surface area contributed by atoms with Crippen molar-refractivity contribution in [3.05, 3.63) is 40.4 Å². The highest BCUT2D eigenvalue weighted by Gasteiger charge is 2.14. The molecule has 2 aromatic rings. The van der Waals surface area contributed by atoms with Crippen molar-refractivity contribution in [1.29, 1.82) is 0 Å². The van der Waals surface area contributed by atoms with Crippen molar-refractivity contribution in [3.8, 4) is 17.6 Å². The third kappa shape index (κ3) is 4.30. The molecule has 0 aliphatic carbocycles. The van der Waals surface area contributed by atoms with Gasteiger partial charge in [-0.25, -0.2) is 0 Å². The van der Waals surface area contributed by atoms with Gasteiger partial charge in [-0.15, -0.1) is 5.10 Å². The van der Waals surface area contributed by atoms with E-state index in [2.05, 4.69) is 26.7 Å². The smallest absolute Gasteiger partial charge is 0.265 e. The van der Waals surface area contributed by atoms with Crippen molar-refractivity contribution in [2.75, 3.05) is 13.7 Å². The van der Waals surface area contributed by atoms with Gasteiger partial charge in [0, 0.05) is 5.56 Å². The van der Waals surface area contributed by atoms with E-state index in [1.54, 1.807) is 7.11 Å². The summed E-state index contributed by atoms with van der Waals surface area (Å²) in [5, 5.41) is 6.75. The molecule has 0 unspecified atom stereocenters. The number of ether oxygens (including phenoxy) is 1. The molecular formula is C16H17N3O2S. The number of aryl methyl sites for hydroxylation is 1. The topological polar surface area (TPSA) is 64.1 Å². The minimum atomic E-state index is -0.164. The molecule has 0 saturated carbocycles. The Hall–Kier alpha value is -2.39. The van der Waals surface area contributed by atoms with E-state index in [1.807, 2.05) is 31.2 Å². The van der Waals surface area contributed by atoms with Crippen LogP contribution in [-0.4, -0.2) is 29.1 Å². The summed E-state index contributed by atoms with van der Waals surface area (Å²) in [6.07, 6.45) is 1.69. The first-order valence-corrected chi connectivity index (χ1v) is 7.74. The zero-order chi connectivity index (χ0) is 15.8. The minimum absolute atomic E-state index is 0.164. The molecule has 0 spiro atoms. The van der Waals surface area contributed by atoms with Gasteiger partial charge in [0.05, 0.1) is 19.3 Å². The second-order valence-electron chi connectivity index (χ2n) is 4.51. The Balaban J connectivity index is 1.89. The highest BCUT2D eigenvalue weighted by atomic mass is 32.1. The SMILES string of the molecule is CCCc1nnsc1C(=O)NCC#Cc1ccc(OC)cc1. The number of hydrogen-bond donors (Lipinski definition) is 1. The summed E-state index contributed by atoms with van der Waals surface area (Å²) in [4.78, 5) is 12.6. The van der Waals surface area contributed by atoms with E-state index in [4.69, 9.17) is 4.74 Å². The van der Waals surface area contributed by atoms with Crippen molar-refractivity contribution in [1.82, 2.24) is 14.9 Å². The van der Waals surface area contributed by atoms with Crippen LogP contribution in [0.15, 0.2) is 24.3 Å². The molecule has 114 valence electrons. The standard InChI is InChI=1S/C16H17N3O2S/c1-3-5-14-15(22-19-18-14)16(20)17-11-4-6-12-7-9-13(21-2)10-8-12/h7-10H,3,5,11H2,1-2H3,(H,17,20). The van der Waals surface area contributed by atoms with Gasteiger partial charge >= 0.3 is 0 Å². The lowest BCUT2D eigenvalue weighted by Crippen LogP contribution is -2.23. The Kier molecular flexibility index (Phi) is 5.92. The van der Waals surface area contributed by atoms with Crippen LogP contribution in [0.5, 0.6) is 5.75 Å². The molecule has 0 aliphatic heterocycles. The predicted molar refractivity (Wildman–Crippen MR) is 86.1 cm³/mol. The first kappa shape index (κ1) is 16.0. The number of aromatic nitrogens is 2. The second kappa shape index (κ2) is 8.15. The average Bonchev–Trinajstić information content (AvgIpc) is 3.01. The normalized spacial score (nSPS) is 9.73. The lowest BCUT2D eigenvalue weighted by atomic mass is 10.2. The molecule has 0 aliphatic rings. The van der Waals surface area contributed by atoms with Crippen LogP contribution in [0.25, 0.3) is 0 Å². The van der Waals surface area contributed by atoms with Gasteiger partial charge in [0.1, 0.15) is 10.6 Å². The summed E-state index contributed by atoms with van der Waals surface area (Å²) in [6, 6.07) is 7.45. The Bertz CT molecular complexity index is 683. The lowest BCUT2D eigenvalue weighted by molar-refractivity contribution is 0.0961. The van der Waals surface area contributed by atoms with Gasteiger partial charge < -0.3 is 10.1 Å². The van der Waals surface area contributed by atoms with Gasteiger partial charge in [0.2, 0.25) is 0 Å². The largest absolute Gasteiger partial charge is 0.497 e. The van der Waals surface area contributed by atoms with E-state index in [9.17, 15) is 4.79 Å². The summed E-state index contributed by atoms with van der Waals surface area (Å²) in [5.41, 5.74) is 1.63. The van der Waals surface area contributed by atoms with Crippen LogP contribution in [0, 0.1) is 11.8 Å². The summed E-state index contributed by atoms with van der Waals surface area (Å²) in [6.45, 7) is 2.33. The Morgan fingerprint density at radius 3 is 2.82 bits per heavy atom. The van der Waals surface area contributed by atoms with Crippen LogP contribution in [-0.2, 0) is 6.42 Å². The zero-order valence-electron chi connectivity index (χ0n) is 12.5. The van der Waals surface area contributed by atoms with E-state index in [0.29, 0.717) is 4.88 Å². The van der Waals surface area contributed by atoms with Crippen LogP contribution in [0.3, 0.4) is 0 Å². The minimum Gasteiger partial charge on any atom is -0.497 e. The predicted octanol–water partition coefficient (Wildman–Crippen LogP) is 2.28. The van der Waals surface area contributed by atoms with E-state index in [1.165, 1.54) is 0 Å². The summed E-state index contributed by atoms with van der Waals surface area (Å²) in [7, 11) is 1.62. The van der Waals surface area contributed by atoms with Crippen molar-refractivity contribution in [3.63, 3.8) is 0 Å². The number of nitrogens with zero attached hydrogens (tertiary/aromatic N) is 2. The number of carbonyl (C=O) groups is 1. The quantitative estimate of drug-likeness (QED) is 0.860. The Morgan fingerprint density at radius 1 is 1.36 bits per heavy atom. The first-order chi connectivity index (χ1) is 10.7. The highest BCUT2D eigenvalue weighted by molar-refractivity contribution is 7.08. The molecule has 2 rings (SSSR count). The fourth-order valence-corrected chi connectivity index (χ4v) is 2.43. The van der Waals surface area contributed by atoms with Crippen LogP contribution in [0.2, 0.25) is 0 Å². The second-order valence-corrected chi connectivity index (χ2v) is 5.27. The van der Waals surface area contributed by atoms with Crippen molar-refractivity contribution < 1.29 is 9.53 Å². The number of nitrogens with one attached hydrogen (secondary N) is 1. The summed E-state index contributed by atoms with van der Waals surface area (Å²) >= 11 is 1.12. The number of hydrogen-bond acceptors (Lipinski definition) is 5. The highest BCUT2D eigenvalue weighted by Crippen LogP contribution is 2.12.